The van der Waals surface area contributed by atoms with E-state index in [9.17, 15) is 0 Å². The molecule has 0 bridgehead atoms. The van der Waals surface area contributed by atoms with E-state index in [-0.39, 0.29) is 0 Å². The molecule has 23 heavy (non-hydrogen) atoms. The first-order valence-corrected chi connectivity index (χ1v) is 8.44. The van der Waals surface area contributed by atoms with E-state index in [1.54, 1.807) is 12.4 Å². The van der Waals surface area contributed by atoms with Crippen LogP contribution < -0.4 is 4.90 Å². The molecule has 1 fully saturated rings. The second-order valence-corrected chi connectivity index (χ2v) is 5.90. The Morgan fingerprint density at radius 1 is 1.26 bits per heavy atom. The summed E-state index contributed by atoms with van der Waals surface area (Å²) in [5.41, 5.74) is 1.07. The number of allylic oxidation sites excluding steroid dienone is 2. The quantitative estimate of drug-likeness (QED) is 0.768. The van der Waals surface area contributed by atoms with Crippen LogP contribution in [0.1, 0.15) is 44.3 Å². The summed E-state index contributed by atoms with van der Waals surface area (Å²) in [5, 5.41) is 8.66. The molecule has 3 heterocycles. The highest BCUT2D eigenvalue weighted by Crippen LogP contribution is 2.23. The number of hydrogen-bond donors (Lipinski definition) is 0. The van der Waals surface area contributed by atoms with Gasteiger partial charge in [0.05, 0.1) is 11.7 Å². The Morgan fingerprint density at radius 3 is 2.96 bits per heavy atom. The maximum Gasteiger partial charge on any atom is 0.225 e. The summed E-state index contributed by atoms with van der Waals surface area (Å²) in [4.78, 5) is 10.9. The van der Waals surface area contributed by atoms with Crippen LogP contribution in [0.4, 0.5) is 5.95 Å². The lowest BCUT2D eigenvalue weighted by Crippen LogP contribution is -2.37. The third kappa shape index (κ3) is 4.15. The molecule has 1 atom stereocenters. The lowest BCUT2D eigenvalue weighted by molar-refractivity contribution is 0.366. The molecular formula is C17H24N6. The van der Waals surface area contributed by atoms with Crippen LogP contribution >= 0.6 is 0 Å². The van der Waals surface area contributed by atoms with E-state index in [0.717, 1.165) is 56.8 Å². The fraction of sp³-hybridized carbons (Fsp3) is 0.529. The maximum atomic E-state index is 4.36. The standard InChI is InChI=1S/C17H24N6/c1-2-3-4-5-8-15-13-23(21-20-15)16-9-6-12-22(14-16)17-18-10-7-11-19-17/h3-4,7,10-11,13,16H,2,5-6,8-9,12,14H2,1H3. The van der Waals surface area contributed by atoms with Crippen molar-refractivity contribution >= 4 is 5.95 Å². The lowest BCUT2D eigenvalue weighted by Gasteiger charge is -2.32. The average Bonchev–Trinajstić information content (AvgIpc) is 3.09. The number of hydrogen-bond acceptors (Lipinski definition) is 5. The molecule has 6 nitrogen and oxygen atoms in total. The number of piperidine rings is 1. The van der Waals surface area contributed by atoms with E-state index >= 15 is 0 Å². The first kappa shape index (κ1) is 15.6. The van der Waals surface area contributed by atoms with Gasteiger partial charge in [0, 0.05) is 31.7 Å². The van der Waals surface area contributed by atoms with Crippen molar-refractivity contribution in [3.63, 3.8) is 0 Å². The molecule has 0 spiro atoms. The third-order valence-corrected chi connectivity index (χ3v) is 4.13. The van der Waals surface area contributed by atoms with Crippen molar-refractivity contribution in [1.29, 1.82) is 0 Å². The molecular weight excluding hydrogens is 288 g/mol. The van der Waals surface area contributed by atoms with E-state index in [1.165, 1.54) is 0 Å². The molecule has 0 aliphatic carbocycles. The largest absolute Gasteiger partial charge is 0.339 e. The Bertz CT molecular complexity index is 621. The Kier molecular flexibility index (Phi) is 5.34. The summed E-state index contributed by atoms with van der Waals surface area (Å²) in [6, 6.07) is 2.20. The van der Waals surface area contributed by atoms with Crippen LogP contribution in [0.25, 0.3) is 0 Å². The number of aromatic nitrogens is 5. The molecule has 1 aliphatic heterocycles. The zero-order valence-electron chi connectivity index (χ0n) is 13.7. The minimum Gasteiger partial charge on any atom is -0.339 e. The predicted octanol–water partition coefficient (Wildman–Crippen LogP) is 2.81. The Balaban J connectivity index is 1.60. The average molecular weight is 312 g/mol. The van der Waals surface area contributed by atoms with Crippen LogP contribution in [0.3, 0.4) is 0 Å². The van der Waals surface area contributed by atoms with Crippen LogP contribution in [-0.4, -0.2) is 38.1 Å². The Hall–Kier alpha value is -2.24. The minimum atomic E-state index is 0.347. The number of aryl methyl sites for hydroxylation is 1. The van der Waals surface area contributed by atoms with Crippen LogP contribution in [0.2, 0.25) is 0 Å². The summed E-state index contributed by atoms with van der Waals surface area (Å²) >= 11 is 0. The second-order valence-electron chi connectivity index (χ2n) is 5.90. The van der Waals surface area contributed by atoms with Gasteiger partial charge in [0.15, 0.2) is 0 Å². The Labute approximate surface area is 137 Å². The summed E-state index contributed by atoms with van der Waals surface area (Å²) in [6.07, 6.45) is 15.4. The van der Waals surface area contributed by atoms with Gasteiger partial charge in [0.25, 0.3) is 0 Å². The van der Waals surface area contributed by atoms with Crippen LogP contribution in [0.15, 0.2) is 36.8 Å². The number of nitrogens with zero attached hydrogens (tertiary/aromatic N) is 6. The van der Waals surface area contributed by atoms with Gasteiger partial charge in [-0.2, -0.15) is 0 Å². The van der Waals surface area contributed by atoms with Gasteiger partial charge in [-0.05, 0) is 38.2 Å². The SMILES string of the molecule is CCC=CCCc1cn(C2CCCN(c3ncccn3)C2)nn1. The van der Waals surface area contributed by atoms with E-state index in [0.29, 0.717) is 6.04 Å². The van der Waals surface area contributed by atoms with Gasteiger partial charge in [0.1, 0.15) is 0 Å². The van der Waals surface area contributed by atoms with Crippen molar-refractivity contribution in [3.8, 4) is 0 Å². The molecule has 0 saturated carbocycles. The highest BCUT2D eigenvalue weighted by molar-refractivity contribution is 5.29. The van der Waals surface area contributed by atoms with Crippen LogP contribution in [0.5, 0.6) is 0 Å². The minimum absolute atomic E-state index is 0.347. The van der Waals surface area contributed by atoms with Gasteiger partial charge in [0.2, 0.25) is 5.95 Å². The van der Waals surface area contributed by atoms with Crippen molar-refractivity contribution in [1.82, 2.24) is 25.0 Å². The summed E-state index contributed by atoms with van der Waals surface area (Å²) < 4.78 is 2.02. The zero-order valence-corrected chi connectivity index (χ0v) is 13.7. The Morgan fingerprint density at radius 2 is 2.13 bits per heavy atom. The fourth-order valence-electron chi connectivity index (χ4n) is 2.93. The third-order valence-electron chi connectivity index (χ3n) is 4.13. The molecule has 0 aromatic carbocycles. The predicted molar refractivity (Wildman–Crippen MR) is 90.3 cm³/mol. The van der Waals surface area contributed by atoms with Crippen molar-refractivity contribution < 1.29 is 0 Å². The lowest BCUT2D eigenvalue weighted by atomic mass is 10.1. The molecule has 1 aliphatic rings. The zero-order chi connectivity index (χ0) is 15.9. The molecule has 0 amide bonds. The summed E-state index contributed by atoms with van der Waals surface area (Å²) in [6.45, 7) is 4.05. The molecule has 2 aromatic rings. The smallest absolute Gasteiger partial charge is 0.225 e. The van der Waals surface area contributed by atoms with Gasteiger partial charge >= 0.3 is 0 Å². The number of rotatable bonds is 6. The molecule has 2 aromatic heterocycles. The van der Waals surface area contributed by atoms with Gasteiger partial charge in [-0.1, -0.05) is 24.3 Å². The molecule has 3 rings (SSSR count). The van der Waals surface area contributed by atoms with Gasteiger partial charge < -0.3 is 4.90 Å². The first-order chi connectivity index (χ1) is 11.4. The topological polar surface area (TPSA) is 59.7 Å². The van der Waals surface area contributed by atoms with Crippen LogP contribution in [-0.2, 0) is 6.42 Å². The van der Waals surface area contributed by atoms with E-state index < -0.39 is 0 Å². The first-order valence-electron chi connectivity index (χ1n) is 8.44. The second kappa shape index (κ2) is 7.85. The summed E-state index contributed by atoms with van der Waals surface area (Å²) in [7, 11) is 0. The molecule has 1 unspecified atom stereocenters. The maximum absolute atomic E-state index is 4.36. The van der Waals surface area contributed by atoms with Crippen molar-refractivity contribution in [2.75, 3.05) is 18.0 Å². The fourth-order valence-corrected chi connectivity index (χ4v) is 2.93. The highest BCUT2D eigenvalue weighted by atomic mass is 15.4. The summed E-state index contributed by atoms with van der Waals surface area (Å²) in [5.74, 6) is 0.808. The van der Waals surface area contributed by atoms with E-state index in [2.05, 4.69) is 50.5 Å². The monoisotopic (exact) mass is 312 g/mol. The van der Waals surface area contributed by atoms with E-state index in [1.807, 2.05) is 10.7 Å². The van der Waals surface area contributed by atoms with Gasteiger partial charge in [-0.25, -0.2) is 14.6 Å². The molecule has 0 N–H and O–H groups in total. The number of anilines is 1. The normalized spacial score (nSPS) is 18.7. The van der Waals surface area contributed by atoms with Crippen molar-refractivity contribution in [3.05, 3.63) is 42.5 Å². The van der Waals surface area contributed by atoms with Crippen molar-refractivity contribution in [2.45, 2.75) is 45.1 Å². The molecule has 6 heteroatoms. The molecule has 1 saturated heterocycles. The van der Waals surface area contributed by atoms with Gasteiger partial charge in [-0.15, -0.1) is 5.10 Å². The van der Waals surface area contributed by atoms with Crippen LogP contribution in [0, 0.1) is 0 Å². The molecule has 122 valence electrons. The highest BCUT2D eigenvalue weighted by Gasteiger charge is 2.23. The van der Waals surface area contributed by atoms with Crippen molar-refractivity contribution in [2.24, 2.45) is 0 Å². The molecule has 0 radical (unpaired) electrons. The van der Waals surface area contributed by atoms with Gasteiger partial charge in [-0.3, -0.25) is 0 Å². The van der Waals surface area contributed by atoms with E-state index in [4.69, 9.17) is 0 Å².